The number of likely N-dealkylation sites (tertiary alicyclic amines) is 1. The molecule has 0 radical (unpaired) electrons. The molecule has 8 heteroatoms. The Kier molecular flexibility index (Phi) is 3.80. The summed E-state index contributed by atoms with van der Waals surface area (Å²) in [5.74, 6) is 1.12. The van der Waals surface area contributed by atoms with Crippen LogP contribution in [0.1, 0.15) is 34.5 Å². The van der Waals surface area contributed by atoms with Gasteiger partial charge in [0.25, 0.3) is 11.4 Å². The van der Waals surface area contributed by atoms with E-state index in [-0.39, 0.29) is 11.6 Å². The van der Waals surface area contributed by atoms with E-state index in [1.807, 2.05) is 26.1 Å². The zero-order valence-electron chi connectivity index (χ0n) is 15.3. The van der Waals surface area contributed by atoms with Crippen LogP contribution in [0.3, 0.4) is 0 Å². The highest BCUT2D eigenvalue weighted by Gasteiger charge is 2.53. The molecule has 8 nitrogen and oxygen atoms in total. The van der Waals surface area contributed by atoms with Crippen LogP contribution in [0.2, 0.25) is 0 Å². The van der Waals surface area contributed by atoms with E-state index in [0.29, 0.717) is 11.6 Å². The van der Waals surface area contributed by atoms with Gasteiger partial charge in [0.2, 0.25) is 0 Å². The average Bonchev–Trinajstić information content (AvgIpc) is 2.83. The second-order valence-corrected chi connectivity index (χ2v) is 7.31. The summed E-state index contributed by atoms with van der Waals surface area (Å²) in [6.07, 6.45) is 5.41. The van der Waals surface area contributed by atoms with Crippen molar-refractivity contribution in [3.63, 3.8) is 0 Å². The van der Waals surface area contributed by atoms with Gasteiger partial charge in [-0.05, 0) is 39.9 Å². The molecule has 4 N–H and O–H groups in total. The van der Waals surface area contributed by atoms with Crippen molar-refractivity contribution in [2.45, 2.75) is 32.4 Å². The van der Waals surface area contributed by atoms with Crippen molar-refractivity contribution in [2.24, 2.45) is 0 Å². The first-order chi connectivity index (χ1) is 12.4. The Hall–Kier alpha value is -2.74. The minimum atomic E-state index is -0.387. The highest BCUT2D eigenvalue weighted by Crippen LogP contribution is 2.29. The van der Waals surface area contributed by atoms with E-state index in [1.165, 1.54) is 6.33 Å². The van der Waals surface area contributed by atoms with Gasteiger partial charge in [0, 0.05) is 17.5 Å². The summed E-state index contributed by atoms with van der Waals surface area (Å²) in [6, 6.07) is 1.97. The van der Waals surface area contributed by atoms with Gasteiger partial charge in [-0.3, -0.25) is 15.0 Å². The van der Waals surface area contributed by atoms with Crippen LogP contribution in [0.4, 0.5) is 17.3 Å². The standard InChI is InChI=1S/C18H23N7O/c1-11-7-13(22-16-12(2)15(19)20-10-21-16)8-25-14(11)17(26)23-18(25)5-4-6-24(3)9-18/h7-8,10H,4-6,9H2,1-3H3,(H3-,19,20,21,22,23,26)/p+1. The van der Waals surface area contributed by atoms with Crippen molar-refractivity contribution in [3.05, 3.63) is 35.4 Å². The normalized spacial score (nSPS) is 22.3. The molecular weight excluding hydrogens is 330 g/mol. The molecule has 1 atom stereocenters. The Labute approximate surface area is 152 Å². The lowest BCUT2D eigenvalue weighted by Gasteiger charge is -2.34. The summed E-state index contributed by atoms with van der Waals surface area (Å²) in [4.78, 5) is 23.2. The highest BCUT2D eigenvalue weighted by molar-refractivity contribution is 5.94. The smallest absolute Gasteiger partial charge is 0.321 e. The molecule has 1 unspecified atom stereocenters. The number of nitrogens with one attached hydrogen (secondary N) is 2. The second-order valence-electron chi connectivity index (χ2n) is 7.31. The van der Waals surface area contributed by atoms with Crippen LogP contribution in [0.15, 0.2) is 18.6 Å². The van der Waals surface area contributed by atoms with Crippen LogP contribution in [0, 0.1) is 13.8 Å². The zero-order valence-corrected chi connectivity index (χ0v) is 15.3. The van der Waals surface area contributed by atoms with Gasteiger partial charge >= 0.3 is 5.91 Å². The lowest BCUT2D eigenvalue weighted by molar-refractivity contribution is -0.763. The Morgan fingerprint density at radius 2 is 2.19 bits per heavy atom. The number of hydrogen-bond acceptors (Lipinski definition) is 6. The van der Waals surface area contributed by atoms with Crippen molar-refractivity contribution in [1.82, 2.24) is 20.2 Å². The summed E-state index contributed by atoms with van der Waals surface area (Å²) in [7, 11) is 2.09. The molecule has 0 aliphatic carbocycles. The predicted molar refractivity (Wildman–Crippen MR) is 98.0 cm³/mol. The van der Waals surface area contributed by atoms with Crippen molar-refractivity contribution in [2.75, 3.05) is 31.2 Å². The van der Waals surface area contributed by atoms with Crippen LogP contribution in [-0.2, 0) is 5.66 Å². The number of anilines is 3. The molecule has 1 fully saturated rings. The molecule has 2 aliphatic rings. The number of amides is 1. The SMILES string of the molecule is Cc1cc(Nc2ncnc(N)c2C)c[n+]2c1C(=O)NC21CCCN(C)C1. The van der Waals surface area contributed by atoms with Gasteiger partial charge in [0.1, 0.15) is 23.7 Å². The lowest BCUT2D eigenvalue weighted by atomic mass is 9.98. The molecular formula is C18H24N7O+. The van der Waals surface area contributed by atoms with E-state index >= 15 is 0 Å². The summed E-state index contributed by atoms with van der Waals surface area (Å²) >= 11 is 0. The van der Waals surface area contributed by atoms with Crippen LogP contribution < -0.4 is 20.9 Å². The number of piperidine rings is 1. The second kappa shape index (κ2) is 5.91. The van der Waals surface area contributed by atoms with Crippen LogP contribution in [-0.4, -0.2) is 40.9 Å². The van der Waals surface area contributed by atoms with Crippen LogP contribution in [0.5, 0.6) is 0 Å². The molecule has 0 bridgehead atoms. The molecule has 2 aliphatic heterocycles. The van der Waals surface area contributed by atoms with Gasteiger partial charge in [-0.15, -0.1) is 0 Å². The van der Waals surface area contributed by atoms with E-state index in [4.69, 9.17) is 5.73 Å². The van der Waals surface area contributed by atoms with Crippen molar-refractivity contribution >= 4 is 23.2 Å². The van der Waals surface area contributed by atoms with Crippen molar-refractivity contribution in [3.8, 4) is 0 Å². The highest BCUT2D eigenvalue weighted by atomic mass is 16.2. The number of carbonyl (C=O) groups excluding carboxylic acids is 1. The molecule has 0 aromatic carbocycles. The van der Waals surface area contributed by atoms with E-state index in [1.54, 1.807) is 0 Å². The zero-order chi connectivity index (χ0) is 18.5. The first-order valence-electron chi connectivity index (χ1n) is 8.81. The Balaban J connectivity index is 1.77. The fourth-order valence-corrected chi connectivity index (χ4v) is 4.03. The van der Waals surface area contributed by atoms with Gasteiger partial charge < -0.3 is 11.1 Å². The van der Waals surface area contributed by atoms with Gasteiger partial charge in [-0.2, -0.15) is 4.57 Å². The maximum Gasteiger partial charge on any atom is 0.321 e. The molecule has 136 valence electrons. The summed E-state index contributed by atoms with van der Waals surface area (Å²) in [5, 5.41) is 6.55. The summed E-state index contributed by atoms with van der Waals surface area (Å²) < 4.78 is 2.10. The fraction of sp³-hybridized carbons (Fsp3) is 0.444. The van der Waals surface area contributed by atoms with Crippen molar-refractivity contribution < 1.29 is 9.36 Å². The van der Waals surface area contributed by atoms with Gasteiger partial charge in [-0.1, -0.05) is 0 Å². The third-order valence-electron chi connectivity index (χ3n) is 5.32. The minimum Gasteiger partial charge on any atom is -0.383 e. The first kappa shape index (κ1) is 16.7. The predicted octanol–water partition coefficient (Wildman–Crippen LogP) is 0.829. The third kappa shape index (κ3) is 2.57. The third-order valence-corrected chi connectivity index (χ3v) is 5.32. The number of nitrogens with zero attached hydrogens (tertiary/aromatic N) is 4. The lowest BCUT2D eigenvalue weighted by Crippen LogP contribution is -2.66. The van der Waals surface area contributed by atoms with Crippen molar-refractivity contribution in [1.29, 1.82) is 0 Å². The fourth-order valence-electron chi connectivity index (χ4n) is 4.03. The Morgan fingerprint density at radius 1 is 1.38 bits per heavy atom. The molecule has 4 rings (SSSR count). The average molecular weight is 354 g/mol. The van der Waals surface area contributed by atoms with Gasteiger partial charge in [0.05, 0.1) is 6.54 Å². The number of rotatable bonds is 2. The summed E-state index contributed by atoms with van der Waals surface area (Å²) in [6.45, 7) is 5.68. The van der Waals surface area contributed by atoms with E-state index in [0.717, 1.165) is 48.4 Å². The number of hydrogen-bond donors (Lipinski definition) is 3. The first-order valence-corrected chi connectivity index (χ1v) is 8.81. The topological polar surface area (TPSA) is 100 Å². The number of nitrogens with two attached hydrogens (primary N) is 1. The number of fused-ring (bicyclic) bond motifs is 2. The number of carbonyl (C=O) groups is 1. The van der Waals surface area contributed by atoms with E-state index in [2.05, 4.69) is 37.1 Å². The molecule has 1 saturated heterocycles. The Morgan fingerprint density at radius 3 is 2.96 bits per heavy atom. The van der Waals surface area contributed by atoms with Gasteiger partial charge in [0.15, 0.2) is 6.20 Å². The number of pyridine rings is 1. The van der Waals surface area contributed by atoms with Gasteiger partial charge in [-0.25, -0.2) is 9.97 Å². The Bertz CT molecular complexity index is 897. The number of nitrogen functional groups attached to an aromatic ring is 1. The van der Waals surface area contributed by atoms with Crippen LogP contribution >= 0.6 is 0 Å². The molecule has 1 amide bonds. The molecule has 0 saturated carbocycles. The molecule has 4 heterocycles. The van der Waals surface area contributed by atoms with Crippen LogP contribution in [0.25, 0.3) is 0 Å². The number of aryl methyl sites for hydroxylation is 1. The quantitative estimate of drug-likeness (QED) is 0.691. The number of likely N-dealkylation sites (N-methyl/N-ethyl adjacent to an activating group) is 1. The molecule has 1 spiro atoms. The monoisotopic (exact) mass is 354 g/mol. The maximum absolute atomic E-state index is 12.6. The molecule has 26 heavy (non-hydrogen) atoms. The minimum absolute atomic E-state index is 0.00758. The van der Waals surface area contributed by atoms with E-state index in [9.17, 15) is 4.79 Å². The molecule has 2 aromatic rings. The number of aromatic nitrogens is 3. The van der Waals surface area contributed by atoms with E-state index < -0.39 is 0 Å². The maximum atomic E-state index is 12.6. The largest absolute Gasteiger partial charge is 0.383 e. The summed E-state index contributed by atoms with van der Waals surface area (Å²) in [5.41, 5.74) is 8.83. The molecule has 2 aromatic heterocycles.